The Kier molecular flexibility index (Phi) is 12.0. The van der Waals surface area contributed by atoms with Gasteiger partial charge in [0.15, 0.2) is 0 Å². The van der Waals surface area contributed by atoms with E-state index < -0.39 is 34.9 Å². The standard InChI is InChI=1S/C27H47N3O4/c1-13-15-19(14-2)27(9,10)21(28-11)23(31)29-22(26(6,7)8)24(32)30(12)20(17(3)4)16-18(5)25(33)34/h13-17,20-22,28H,1-12H3,(H,29,31)(H,33,34)/b15-13-,18-16+,19-14+/t20-,21-,22?/m1/s1. The van der Waals surface area contributed by atoms with Crippen molar-refractivity contribution in [3.8, 4) is 0 Å². The van der Waals surface area contributed by atoms with Crippen LogP contribution in [0.2, 0.25) is 0 Å². The lowest BCUT2D eigenvalue weighted by molar-refractivity contribution is -0.141. The zero-order chi connectivity index (χ0) is 27.0. The highest BCUT2D eigenvalue weighted by molar-refractivity contribution is 5.91. The number of hydrogen-bond donors (Lipinski definition) is 3. The molecule has 0 saturated carbocycles. The number of carbonyl (C=O) groups is 3. The number of allylic oxidation sites excluding steroid dienone is 3. The Morgan fingerprint density at radius 3 is 1.88 bits per heavy atom. The number of rotatable bonds is 11. The van der Waals surface area contributed by atoms with Crippen LogP contribution in [-0.2, 0) is 14.4 Å². The largest absolute Gasteiger partial charge is 0.478 e. The Hall–Kier alpha value is -2.41. The van der Waals surface area contributed by atoms with Crippen molar-refractivity contribution in [1.29, 1.82) is 0 Å². The molecule has 0 saturated heterocycles. The lowest BCUT2D eigenvalue weighted by Gasteiger charge is -2.40. The van der Waals surface area contributed by atoms with Crippen LogP contribution < -0.4 is 10.6 Å². The summed E-state index contributed by atoms with van der Waals surface area (Å²) >= 11 is 0. The Labute approximate surface area is 206 Å². The fourth-order valence-corrected chi connectivity index (χ4v) is 4.15. The molecule has 7 heteroatoms. The van der Waals surface area contributed by atoms with Gasteiger partial charge in [0.25, 0.3) is 0 Å². The van der Waals surface area contributed by atoms with E-state index in [-0.39, 0.29) is 23.3 Å². The third kappa shape index (κ3) is 8.12. The second-order valence-electron chi connectivity index (χ2n) is 10.8. The van der Waals surface area contributed by atoms with Gasteiger partial charge in [0.1, 0.15) is 6.04 Å². The molecule has 0 radical (unpaired) electrons. The Morgan fingerprint density at radius 2 is 1.53 bits per heavy atom. The molecule has 0 aliphatic rings. The van der Waals surface area contributed by atoms with Crippen molar-refractivity contribution in [1.82, 2.24) is 15.5 Å². The molecule has 0 aromatic rings. The van der Waals surface area contributed by atoms with Gasteiger partial charge in [0, 0.05) is 18.0 Å². The van der Waals surface area contributed by atoms with Gasteiger partial charge in [-0.05, 0) is 44.7 Å². The van der Waals surface area contributed by atoms with Crippen molar-refractivity contribution < 1.29 is 19.5 Å². The van der Waals surface area contributed by atoms with Crippen LogP contribution in [-0.4, -0.2) is 60.0 Å². The molecule has 0 aliphatic carbocycles. The summed E-state index contributed by atoms with van der Waals surface area (Å²) in [5.74, 6) is -1.56. The summed E-state index contributed by atoms with van der Waals surface area (Å²) in [7, 11) is 3.40. The Bertz CT molecular complexity index is 816. The average Bonchev–Trinajstić information content (AvgIpc) is 2.71. The highest BCUT2D eigenvalue weighted by Crippen LogP contribution is 2.32. The van der Waals surface area contributed by atoms with E-state index in [0.29, 0.717) is 0 Å². The maximum atomic E-state index is 13.7. The molecule has 1 unspecified atom stereocenters. The van der Waals surface area contributed by atoms with Crippen molar-refractivity contribution >= 4 is 17.8 Å². The lowest BCUT2D eigenvalue weighted by Crippen LogP contribution is -2.61. The van der Waals surface area contributed by atoms with Crippen LogP contribution in [0.25, 0.3) is 0 Å². The first kappa shape index (κ1) is 31.6. The third-order valence-corrected chi connectivity index (χ3v) is 6.31. The maximum Gasteiger partial charge on any atom is 0.331 e. The second kappa shape index (κ2) is 12.9. The summed E-state index contributed by atoms with van der Waals surface area (Å²) in [6.45, 7) is 19.0. The summed E-state index contributed by atoms with van der Waals surface area (Å²) in [5, 5.41) is 15.5. The van der Waals surface area contributed by atoms with E-state index in [2.05, 4.69) is 10.6 Å². The van der Waals surface area contributed by atoms with Gasteiger partial charge in [0.05, 0.1) is 12.1 Å². The van der Waals surface area contributed by atoms with Gasteiger partial charge in [-0.15, -0.1) is 0 Å². The first-order valence-electron chi connectivity index (χ1n) is 11.9. The number of hydrogen-bond acceptors (Lipinski definition) is 4. The van der Waals surface area contributed by atoms with Crippen molar-refractivity contribution in [2.75, 3.05) is 14.1 Å². The van der Waals surface area contributed by atoms with Gasteiger partial charge >= 0.3 is 5.97 Å². The molecule has 194 valence electrons. The number of aliphatic carboxylic acids is 1. The first-order valence-corrected chi connectivity index (χ1v) is 11.9. The number of amides is 2. The summed E-state index contributed by atoms with van der Waals surface area (Å²) < 4.78 is 0. The maximum absolute atomic E-state index is 13.7. The monoisotopic (exact) mass is 477 g/mol. The number of likely N-dealkylation sites (N-methyl/N-ethyl adjacent to an activating group) is 2. The van der Waals surface area contributed by atoms with Gasteiger partial charge < -0.3 is 20.6 Å². The summed E-state index contributed by atoms with van der Waals surface area (Å²) in [6.07, 6.45) is 7.52. The molecule has 0 heterocycles. The van der Waals surface area contributed by atoms with Gasteiger partial charge in [0.2, 0.25) is 11.8 Å². The molecule has 0 spiro atoms. The molecule has 3 atom stereocenters. The van der Waals surface area contributed by atoms with Crippen molar-refractivity contribution in [3.05, 3.63) is 35.5 Å². The number of carboxylic acids is 1. The number of nitrogens with zero attached hydrogens (tertiary/aromatic N) is 1. The Morgan fingerprint density at radius 1 is 1.00 bits per heavy atom. The molecular formula is C27H47N3O4. The van der Waals surface area contributed by atoms with Gasteiger partial charge in [-0.1, -0.05) is 72.8 Å². The van der Waals surface area contributed by atoms with E-state index in [1.54, 1.807) is 25.1 Å². The fourth-order valence-electron chi connectivity index (χ4n) is 4.15. The zero-order valence-corrected chi connectivity index (χ0v) is 23.2. The van der Waals surface area contributed by atoms with E-state index >= 15 is 0 Å². The van der Waals surface area contributed by atoms with Gasteiger partial charge in [-0.25, -0.2) is 4.79 Å². The minimum absolute atomic E-state index is 0.0124. The fraction of sp³-hybridized carbons (Fsp3) is 0.667. The van der Waals surface area contributed by atoms with Gasteiger partial charge in [-0.3, -0.25) is 9.59 Å². The van der Waals surface area contributed by atoms with Gasteiger partial charge in [-0.2, -0.15) is 0 Å². The molecule has 7 nitrogen and oxygen atoms in total. The van der Waals surface area contributed by atoms with E-state index in [4.69, 9.17) is 0 Å². The number of nitrogens with one attached hydrogen (secondary N) is 2. The van der Waals surface area contributed by atoms with Crippen LogP contribution in [0.3, 0.4) is 0 Å². The van der Waals surface area contributed by atoms with Crippen LogP contribution in [0.4, 0.5) is 0 Å². The molecule has 0 fully saturated rings. The lowest BCUT2D eigenvalue weighted by atomic mass is 9.76. The van der Waals surface area contributed by atoms with Crippen LogP contribution in [0.1, 0.15) is 69.2 Å². The van der Waals surface area contributed by atoms with Crippen LogP contribution in [0.5, 0.6) is 0 Å². The Balaban J connectivity index is 6.19. The summed E-state index contributed by atoms with van der Waals surface area (Å²) in [6, 6.07) is -1.80. The normalized spacial score (nSPS) is 16.4. The highest BCUT2D eigenvalue weighted by Gasteiger charge is 2.41. The minimum Gasteiger partial charge on any atom is -0.478 e. The van der Waals surface area contributed by atoms with E-state index in [1.165, 1.54) is 6.92 Å². The molecule has 34 heavy (non-hydrogen) atoms. The summed E-state index contributed by atoms with van der Waals surface area (Å²) in [4.78, 5) is 40.1. The number of carboxylic acid groups (broad SMARTS) is 1. The SMILES string of the molecule is C/C=C\C(=C/C)C(C)(C)[C@H](NC)C(=O)NC(C(=O)N(C)[C@H](/C=C(\C)C(=O)O)C(C)C)C(C)(C)C. The van der Waals surface area contributed by atoms with Crippen molar-refractivity contribution in [3.63, 3.8) is 0 Å². The molecule has 2 amide bonds. The molecule has 3 N–H and O–H groups in total. The molecule has 0 aliphatic heterocycles. The first-order chi connectivity index (χ1) is 15.5. The van der Waals surface area contributed by atoms with Crippen LogP contribution >= 0.6 is 0 Å². The molecular weight excluding hydrogens is 430 g/mol. The molecule has 0 rings (SSSR count). The van der Waals surface area contributed by atoms with E-state index in [0.717, 1.165) is 5.57 Å². The second-order valence-corrected chi connectivity index (χ2v) is 10.8. The zero-order valence-electron chi connectivity index (χ0n) is 23.2. The van der Waals surface area contributed by atoms with Crippen LogP contribution in [0, 0.1) is 16.7 Å². The molecule has 0 aromatic heterocycles. The topological polar surface area (TPSA) is 98.7 Å². The number of carbonyl (C=O) groups excluding carboxylic acids is 2. The molecule has 0 bridgehead atoms. The predicted octanol–water partition coefficient (Wildman–Crippen LogP) is 4.17. The highest BCUT2D eigenvalue weighted by atomic mass is 16.4. The van der Waals surface area contributed by atoms with Crippen molar-refractivity contribution in [2.24, 2.45) is 16.7 Å². The smallest absolute Gasteiger partial charge is 0.331 e. The van der Waals surface area contributed by atoms with Crippen molar-refractivity contribution in [2.45, 2.75) is 87.4 Å². The van der Waals surface area contributed by atoms with Crippen LogP contribution in [0.15, 0.2) is 35.5 Å². The predicted molar refractivity (Wildman–Crippen MR) is 139 cm³/mol. The van der Waals surface area contributed by atoms with E-state index in [1.807, 2.05) is 80.5 Å². The average molecular weight is 478 g/mol. The summed E-state index contributed by atoms with van der Waals surface area (Å²) in [5.41, 5.74) is 0.0895. The third-order valence-electron chi connectivity index (χ3n) is 6.31. The van der Waals surface area contributed by atoms with E-state index in [9.17, 15) is 19.5 Å². The molecule has 0 aromatic carbocycles. The minimum atomic E-state index is -1.02. The quantitative estimate of drug-likeness (QED) is 0.306.